The summed E-state index contributed by atoms with van der Waals surface area (Å²) < 4.78 is 1.06. The van der Waals surface area contributed by atoms with E-state index in [2.05, 4.69) is 21.2 Å². The zero-order chi connectivity index (χ0) is 8.27. The van der Waals surface area contributed by atoms with E-state index in [0.717, 1.165) is 16.7 Å². The molecule has 1 aromatic rings. The lowest BCUT2D eigenvalue weighted by Gasteiger charge is -2.03. The molecule has 0 bridgehead atoms. The molecule has 0 heterocycles. The summed E-state index contributed by atoms with van der Waals surface area (Å²) in [5.74, 6) is 0. The molecule has 0 atom stereocenters. The van der Waals surface area contributed by atoms with Crippen molar-refractivity contribution in [1.82, 2.24) is 5.32 Å². The largest absolute Gasteiger partial charge is 0.399 e. The van der Waals surface area contributed by atoms with E-state index in [-0.39, 0.29) is 0 Å². The van der Waals surface area contributed by atoms with Gasteiger partial charge in [-0.25, -0.2) is 0 Å². The summed E-state index contributed by atoms with van der Waals surface area (Å²) >= 11 is 3.43. The van der Waals surface area contributed by atoms with E-state index in [4.69, 9.17) is 5.73 Å². The molecule has 1 rings (SSSR count). The van der Waals surface area contributed by atoms with E-state index in [0.29, 0.717) is 0 Å². The van der Waals surface area contributed by atoms with Crippen LogP contribution in [0.5, 0.6) is 0 Å². The molecule has 0 aliphatic heterocycles. The van der Waals surface area contributed by atoms with E-state index in [9.17, 15) is 0 Å². The molecule has 0 unspecified atom stereocenters. The first-order chi connectivity index (χ1) is 5.24. The fourth-order valence-electron chi connectivity index (χ4n) is 0.897. The average Bonchev–Trinajstić information content (AvgIpc) is 1.95. The van der Waals surface area contributed by atoms with Gasteiger partial charge >= 0.3 is 0 Å². The third kappa shape index (κ3) is 2.20. The molecule has 0 aliphatic carbocycles. The Bertz CT molecular complexity index is 248. The lowest BCUT2D eigenvalue weighted by molar-refractivity contribution is 0.815. The standard InChI is InChI=1S/C8H11BrN2/c1-11-5-6-2-3-7(10)4-8(6)9/h2-4,11H,5,10H2,1H3. The number of hydrogen-bond donors (Lipinski definition) is 2. The molecule has 0 spiro atoms. The van der Waals surface area contributed by atoms with Gasteiger partial charge in [-0.15, -0.1) is 0 Å². The van der Waals surface area contributed by atoms with Crippen LogP contribution in [0.25, 0.3) is 0 Å². The predicted molar refractivity (Wildman–Crippen MR) is 51.3 cm³/mol. The molecular formula is C8H11BrN2. The molecular weight excluding hydrogens is 204 g/mol. The summed E-state index contributed by atoms with van der Waals surface area (Å²) in [7, 11) is 1.92. The number of nitrogens with one attached hydrogen (secondary N) is 1. The molecule has 0 amide bonds. The minimum Gasteiger partial charge on any atom is -0.399 e. The van der Waals surface area contributed by atoms with Crippen molar-refractivity contribution < 1.29 is 0 Å². The lowest BCUT2D eigenvalue weighted by Crippen LogP contribution is -2.05. The molecule has 0 aliphatic rings. The number of benzene rings is 1. The van der Waals surface area contributed by atoms with Crippen molar-refractivity contribution in [2.45, 2.75) is 6.54 Å². The van der Waals surface area contributed by atoms with Crippen LogP contribution in [0.2, 0.25) is 0 Å². The van der Waals surface area contributed by atoms with Crippen molar-refractivity contribution >= 4 is 21.6 Å². The molecule has 3 N–H and O–H groups in total. The predicted octanol–water partition coefficient (Wildman–Crippen LogP) is 1.75. The number of hydrogen-bond acceptors (Lipinski definition) is 2. The van der Waals surface area contributed by atoms with Gasteiger partial charge in [0.2, 0.25) is 0 Å². The second-order valence-electron chi connectivity index (χ2n) is 2.38. The molecule has 0 saturated heterocycles. The molecule has 0 fully saturated rings. The molecule has 60 valence electrons. The Morgan fingerprint density at radius 3 is 2.82 bits per heavy atom. The summed E-state index contributed by atoms with van der Waals surface area (Å²) in [4.78, 5) is 0. The summed E-state index contributed by atoms with van der Waals surface area (Å²) in [5.41, 5.74) is 7.59. The molecule has 0 radical (unpaired) electrons. The Hall–Kier alpha value is -0.540. The molecule has 1 aromatic carbocycles. The first-order valence-corrected chi connectivity index (χ1v) is 4.22. The fraction of sp³-hybridized carbons (Fsp3) is 0.250. The van der Waals surface area contributed by atoms with Gasteiger partial charge in [0, 0.05) is 16.7 Å². The molecule has 11 heavy (non-hydrogen) atoms. The molecule has 0 aromatic heterocycles. The highest BCUT2D eigenvalue weighted by Crippen LogP contribution is 2.19. The quantitative estimate of drug-likeness (QED) is 0.737. The first kappa shape index (κ1) is 8.56. The number of nitrogen functional groups attached to an aromatic ring is 1. The minimum atomic E-state index is 0.789. The smallest absolute Gasteiger partial charge is 0.0325 e. The second-order valence-corrected chi connectivity index (χ2v) is 3.24. The first-order valence-electron chi connectivity index (χ1n) is 3.42. The Kier molecular flexibility index (Phi) is 2.91. The van der Waals surface area contributed by atoms with Gasteiger partial charge in [0.15, 0.2) is 0 Å². The van der Waals surface area contributed by atoms with Gasteiger partial charge in [-0.2, -0.15) is 0 Å². The second kappa shape index (κ2) is 3.74. The Morgan fingerprint density at radius 2 is 2.27 bits per heavy atom. The van der Waals surface area contributed by atoms with E-state index < -0.39 is 0 Å². The number of halogens is 1. The van der Waals surface area contributed by atoms with Crippen LogP contribution in [-0.2, 0) is 6.54 Å². The van der Waals surface area contributed by atoms with Crippen molar-refractivity contribution in [2.75, 3.05) is 12.8 Å². The SMILES string of the molecule is CNCc1ccc(N)cc1Br. The maximum Gasteiger partial charge on any atom is 0.0325 e. The Balaban J connectivity index is 2.90. The number of anilines is 1. The highest BCUT2D eigenvalue weighted by atomic mass is 79.9. The van der Waals surface area contributed by atoms with Gasteiger partial charge in [0.25, 0.3) is 0 Å². The van der Waals surface area contributed by atoms with E-state index in [1.807, 2.05) is 25.2 Å². The molecule has 3 heteroatoms. The zero-order valence-electron chi connectivity index (χ0n) is 6.39. The van der Waals surface area contributed by atoms with Gasteiger partial charge in [-0.1, -0.05) is 22.0 Å². The van der Waals surface area contributed by atoms with Crippen LogP contribution < -0.4 is 11.1 Å². The highest BCUT2D eigenvalue weighted by Gasteiger charge is 1.97. The Morgan fingerprint density at radius 1 is 1.55 bits per heavy atom. The van der Waals surface area contributed by atoms with E-state index in [1.54, 1.807) is 0 Å². The Labute approximate surface area is 74.9 Å². The topological polar surface area (TPSA) is 38.0 Å². The minimum absolute atomic E-state index is 0.789. The highest BCUT2D eigenvalue weighted by molar-refractivity contribution is 9.10. The van der Waals surface area contributed by atoms with Crippen LogP contribution in [0, 0.1) is 0 Å². The normalized spacial score (nSPS) is 10.0. The molecule has 2 nitrogen and oxygen atoms in total. The summed E-state index contributed by atoms with van der Waals surface area (Å²) in [6, 6.07) is 5.82. The van der Waals surface area contributed by atoms with Gasteiger partial charge in [-0.05, 0) is 24.7 Å². The maximum atomic E-state index is 5.57. The van der Waals surface area contributed by atoms with Gasteiger partial charge in [0.1, 0.15) is 0 Å². The van der Waals surface area contributed by atoms with Crippen molar-refractivity contribution in [3.05, 3.63) is 28.2 Å². The zero-order valence-corrected chi connectivity index (χ0v) is 7.98. The monoisotopic (exact) mass is 214 g/mol. The fourth-order valence-corrected chi connectivity index (χ4v) is 1.43. The average molecular weight is 215 g/mol. The summed E-state index contributed by atoms with van der Waals surface area (Å²) in [6.45, 7) is 0.862. The van der Waals surface area contributed by atoms with Gasteiger partial charge in [0.05, 0.1) is 0 Å². The summed E-state index contributed by atoms with van der Waals surface area (Å²) in [6.07, 6.45) is 0. The summed E-state index contributed by atoms with van der Waals surface area (Å²) in [5, 5.41) is 3.07. The third-order valence-electron chi connectivity index (χ3n) is 1.44. The van der Waals surface area contributed by atoms with Crippen molar-refractivity contribution in [3.8, 4) is 0 Å². The lowest BCUT2D eigenvalue weighted by atomic mass is 10.2. The van der Waals surface area contributed by atoms with Gasteiger partial charge < -0.3 is 11.1 Å². The third-order valence-corrected chi connectivity index (χ3v) is 2.18. The van der Waals surface area contributed by atoms with Gasteiger partial charge in [-0.3, -0.25) is 0 Å². The van der Waals surface area contributed by atoms with Crippen molar-refractivity contribution in [1.29, 1.82) is 0 Å². The van der Waals surface area contributed by atoms with E-state index in [1.165, 1.54) is 5.56 Å². The van der Waals surface area contributed by atoms with Crippen LogP contribution >= 0.6 is 15.9 Å². The van der Waals surface area contributed by atoms with Crippen LogP contribution in [0.4, 0.5) is 5.69 Å². The maximum absolute atomic E-state index is 5.57. The number of rotatable bonds is 2. The number of nitrogens with two attached hydrogens (primary N) is 1. The van der Waals surface area contributed by atoms with Crippen molar-refractivity contribution in [2.24, 2.45) is 0 Å². The molecule has 0 saturated carbocycles. The van der Waals surface area contributed by atoms with E-state index >= 15 is 0 Å². The van der Waals surface area contributed by atoms with Crippen molar-refractivity contribution in [3.63, 3.8) is 0 Å². The van der Waals surface area contributed by atoms with Crippen LogP contribution in [-0.4, -0.2) is 7.05 Å². The van der Waals surface area contributed by atoms with Crippen LogP contribution in [0.1, 0.15) is 5.56 Å². The van der Waals surface area contributed by atoms with Crippen LogP contribution in [0.3, 0.4) is 0 Å². The van der Waals surface area contributed by atoms with Crippen LogP contribution in [0.15, 0.2) is 22.7 Å².